The monoisotopic (exact) mass is 284 g/mol. The Bertz CT molecular complexity index is 764. The van der Waals surface area contributed by atoms with E-state index in [4.69, 9.17) is 9.97 Å². The maximum Gasteiger partial charge on any atom is 0.163 e. The molecule has 5 heteroatoms. The molecule has 0 aromatic carbocycles. The van der Waals surface area contributed by atoms with Gasteiger partial charge in [0.25, 0.3) is 0 Å². The van der Waals surface area contributed by atoms with E-state index < -0.39 is 0 Å². The zero-order valence-electron chi connectivity index (χ0n) is 11.8. The van der Waals surface area contributed by atoms with E-state index in [1.54, 1.807) is 17.5 Å². The Hall–Kier alpha value is -2.01. The molecule has 0 bridgehead atoms. The summed E-state index contributed by atoms with van der Waals surface area (Å²) in [5.74, 6) is 1.67. The SMILES string of the molecule is CCNc1nc(-c2ccncc2C)nc2sc(C)cc12. The van der Waals surface area contributed by atoms with Gasteiger partial charge in [0.1, 0.15) is 10.6 Å². The summed E-state index contributed by atoms with van der Waals surface area (Å²) in [5, 5.41) is 4.44. The average Bonchev–Trinajstić information content (AvgIpc) is 2.80. The Labute approximate surface area is 121 Å². The van der Waals surface area contributed by atoms with Gasteiger partial charge in [-0.1, -0.05) is 0 Å². The first kappa shape index (κ1) is 13.0. The Morgan fingerprint density at radius 2 is 2.10 bits per heavy atom. The molecule has 0 atom stereocenters. The molecule has 0 aliphatic heterocycles. The molecule has 0 saturated heterocycles. The molecule has 0 radical (unpaired) electrons. The molecule has 1 N–H and O–H groups in total. The first-order chi connectivity index (χ1) is 9.69. The first-order valence-electron chi connectivity index (χ1n) is 6.62. The van der Waals surface area contributed by atoms with E-state index in [1.807, 2.05) is 19.2 Å². The summed E-state index contributed by atoms with van der Waals surface area (Å²) in [6.07, 6.45) is 3.62. The molecule has 3 aromatic rings. The summed E-state index contributed by atoms with van der Waals surface area (Å²) >= 11 is 1.70. The molecular weight excluding hydrogens is 268 g/mol. The van der Waals surface area contributed by atoms with Crippen LogP contribution in [0, 0.1) is 13.8 Å². The highest BCUT2D eigenvalue weighted by molar-refractivity contribution is 7.18. The first-order valence-corrected chi connectivity index (χ1v) is 7.43. The number of pyridine rings is 1. The van der Waals surface area contributed by atoms with Crippen molar-refractivity contribution in [2.24, 2.45) is 0 Å². The van der Waals surface area contributed by atoms with Crippen LogP contribution in [0.2, 0.25) is 0 Å². The van der Waals surface area contributed by atoms with Crippen molar-refractivity contribution in [2.75, 3.05) is 11.9 Å². The topological polar surface area (TPSA) is 50.7 Å². The molecule has 0 spiro atoms. The molecule has 0 aliphatic carbocycles. The minimum absolute atomic E-state index is 0.759. The molecule has 3 aromatic heterocycles. The van der Waals surface area contributed by atoms with Crippen molar-refractivity contribution in [2.45, 2.75) is 20.8 Å². The summed E-state index contributed by atoms with van der Waals surface area (Å²) in [6, 6.07) is 4.11. The molecule has 4 nitrogen and oxygen atoms in total. The van der Waals surface area contributed by atoms with Crippen molar-refractivity contribution in [1.82, 2.24) is 15.0 Å². The summed E-state index contributed by atoms with van der Waals surface area (Å²) in [6.45, 7) is 7.04. The molecule has 3 rings (SSSR count). The fourth-order valence-electron chi connectivity index (χ4n) is 2.19. The highest BCUT2D eigenvalue weighted by Gasteiger charge is 2.12. The van der Waals surface area contributed by atoms with Crippen LogP contribution < -0.4 is 5.32 Å². The maximum atomic E-state index is 4.71. The Kier molecular flexibility index (Phi) is 3.36. The summed E-state index contributed by atoms with van der Waals surface area (Å²) in [5.41, 5.74) is 2.12. The number of nitrogens with one attached hydrogen (secondary N) is 1. The second-order valence-corrected chi connectivity index (χ2v) is 5.93. The predicted molar refractivity (Wildman–Crippen MR) is 84.3 cm³/mol. The average molecular weight is 284 g/mol. The molecule has 0 fully saturated rings. The standard InChI is InChI=1S/C15H16N4S/c1-4-17-13-12-7-10(3)20-15(12)19-14(18-13)11-5-6-16-8-9(11)2/h5-8H,4H2,1-3H3,(H,17,18,19). The van der Waals surface area contributed by atoms with Crippen LogP contribution in [0.3, 0.4) is 0 Å². The fourth-order valence-corrected chi connectivity index (χ4v) is 3.07. The van der Waals surface area contributed by atoms with Crippen molar-refractivity contribution >= 4 is 27.4 Å². The summed E-state index contributed by atoms with van der Waals surface area (Å²) < 4.78 is 0. The Balaban J connectivity index is 2.24. The number of hydrogen-bond acceptors (Lipinski definition) is 5. The lowest BCUT2D eigenvalue weighted by atomic mass is 10.1. The minimum atomic E-state index is 0.759. The van der Waals surface area contributed by atoms with Gasteiger partial charge in [0.2, 0.25) is 0 Å². The van der Waals surface area contributed by atoms with E-state index in [0.29, 0.717) is 0 Å². The number of rotatable bonds is 3. The second-order valence-electron chi connectivity index (χ2n) is 4.69. The van der Waals surface area contributed by atoms with E-state index in [1.165, 1.54) is 4.88 Å². The Morgan fingerprint density at radius 3 is 2.85 bits per heavy atom. The van der Waals surface area contributed by atoms with Gasteiger partial charge < -0.3 is 5.32 Å². The van der Waals surface area contributed by atoms with Crippen LogP contribution in [0.5, 0.6) is 0 Å². The number of nitrogens with zero attached hydrogens (tertiary/aromatic N) is 3. The van der Waals surface area contributed by atoms with Gasteiger partial charge in [-0.25, -0.2) is 9.97 Å². The van der Waals surface area contributed by atoms with Crippen LogP contribution in [-0.4, -0.2) is 21.5 Å². The third kappa shape index (κ3) is 2.25. The number of aryl methyl sites for hydroxylation is 2. The summed E-state index contributed by atoms with van der Waals surface area (Å²) in [7, 11) is 0. The van der Waals surface area contributed by atoms with Gasteiger partial charge in [0, 0.05) is 29.4 Å². The molecule has 20 heavy (non-hydrogen) atoms. The van der Waals surface area contributed by atoms with Crippen LogP contribution in [0.15, 0.2) is 24.5 Å². The van der Waals surface area contributed by atoms with Crippen molar-refractivity contribution in [1.29, 1.82) is 0 Å². The number of fused-ring (bicyclic) bond motifs is 1. The van der Waals surface area contributed by atoms with E-state index in [-0.39, 0.29) is 0 Å². The lowest BCUT2D eigenvalue weighted by Crippen LogP contribution is -2.02. The maximum absolute atomic E-state index is 4.71. The van der Waals surface area contributed by atoms with E-state index >= 15 is 0 Å². The summed E-state index contributed by atoms with van der Waals surface area (Å²) in [4.78, 5) is 15.8. The molecule has 0 saturated carbocycles. The molecule has 3 heterocycles. The highest BCUT2D eigenvalue weighted by atomic mass is 32.1. The molecular formula is C15H16N4S. The quantitative estimate of drug-likeness (QED) is 0.794. The van der Waals surface area contributed by atoms with E-state index in [0.717, 1.165) is 39.5 Å². The Morgan fingerprint density at radius 1 is 1.25 bits per heavy atom. The number of anilines is 1. The van der Waals surface area contributed by atoms with E-state index in [2.05, 4.69) is 30.2 Å². The highest BCUT2D eigenvalue weighted by Crippen LogP contribution is 2.31. The second kappa shape index (κ2) is 5.17. The predicted octanol–water partition coefficient (Wildman–Crippen LogP) is 3.80. The fraction of sp³-hybridized carbons (Fsp3) is 0.267. The van der Waals surface area contributed by atoms with Crippen LogP contribution in [-0.2, 0) is 0 Å². The third-order valence-corrected chi connectivity index (χ3v) is 4.07. The smallest absolute Gasteiger partial charge is 0.163 e. The largest absolute Gasteiger partial charge is 0.370 e. The third-order valence-electron chi connectivity index (χ3n) is 3.12. The molecule has 0 aliphatic rings. The normalized spacial score (nSPS) is 10.9. The zero-order valence-corrected chi connectivity index (χ0v) is 12.6. The lowest BCUT2D eigenvalue weighted by Gasteiger charge is -2.08. The van der Waals surface area contributed by atoms with Gasteiger partial charge in [0.15, 0.2) is 5.82 Å². The van der Waals surface area contributed by atoms with Crippen molar-refractivity contribution < 1.29 is 0 Å². The van der Waals surface area contributed by atoms with Crippen molar-refractivity contribution in [3.05, 3.63) is 35.0 Å². The van der Waals surface area contributed by atoms with Crippen LogP contribution in [0.25, 0.3) is 21.6 Å². The lowest BCUT2D eigenvalue weighted by molar-refractivity contribution is 1.14. The van der Waals surface area contributed by atoms with Gasteiger partial charge in [0.05, 0.1) is 5.39 Å². The van der Waals surface area contributed by atoms with Gasteiger partial charge in [-0.15, -0.1) is 11.3 Å². The number of thiophene rings is 1. The van der Waals surface area contributed by atoms with Gasteiger partial charge in [-0.05, 0) is 38.5 Å². The van der Waals surface area contributed by atoms with Crippen LogP contribution in [0.1, 0.15) is 17.4 Å². The minimum Gasteiger partial charge on any atom is -0.370 e. The molecule has 0 unspecified atom stereocenters. The van der Waals surface area contributed by atoms with Gasteiger partial charge in [-0.3, -0.25) is 4.98 Å². The van der Waals surface area contributed by atoms with Gasteiger partial charge in [-0.2, -0.15) is 0 Å². The van der Waals surface area contributed by atoms with Gasteiger partial charge >= 0.3 is 0 Å². The van der Waals surface area contributed by atoms with Crippen molar-refractivity contribution in [3.63, 3.8) is 0 Å². The zero-order chi connectivity index (χ0) is 14.1. The van der Waals surface area contributed by atoms with E-state index in [9.17, 15) is 0 Å². The van der Waals surface area contributed by atoms with Crippen LogP contribution >= 0.6 is 11.3 Å². The van der Waals surface area contributed by atoms with Crippen molar-refractivity contribution in [3.8, 4) is 11.4 Å². The number of aromatic nitrogens is 3. The molecule has 102 valence electrons. The molecule has 0 amide bonds. The van der Waals surface area contributed by atoms with Crippen LogP contribution in [0.4, 0.5) is 5.82 Å². The number of hydrogen-bond donors (Lipinski definition) is 1.